The van der Waals surface area contributed by atoms with Gasteiger partial charge in [-0.25, -0.2) is 0 Å². The second-order valence-electron chi connectivity index (χ2n) is 8.13. The minimum absolute atomic E-state index is 0.0471. The van der Waals surface area contributed by atoms with Crippen LogP contribution in [-0.2, 0) is 13.7 Å². The molecular formula is C14H30BO5PSi. The molecule has 5 nitrogen and oxygen atoms in total. The van der Waals surface area contributed by atoms with Gasteiger partial charge in [0.05, 0.1) is 12.2 Å². The Balaban J connectivity index is 2.76. The molecule has 2 N–H and O–H groups in total. The molecule has 0 aliphatic carbocycles. The van der Waals surface area contributed by atoms with Crippen LogP contribution in [0.3, 0.4) is 0 Å². The van der Waals surface area contributed by atoms with Crippen LogP contribution in [-0.4, -0.2) is 69.9 Å². The molecule has 1 aliphatic heterocycles. The molecule has 1 saturated heterocycles. The lowest BCUT2D eigenvalue weighted by molar-refractivity contribution is -0.0510. The predicted molar refractivity (Wildman–Crippen MR) is 92.6 cm³/mol. The second-order valence-corrected chi connectivity index (χ2v) is 16.3. The van der Waals surface area contributed by atoms with Gasteiger partial charge in [-0.1, -0.05) is 20.8 Å². The van der Waals surface area contributed by atoms with Crippen LogP contribution >= 0.6 is 7.14 Å². The van der Waals surface area contributed by atoms with Crippen molar-refractivity contribution in [2.24, 2.45) is 0 Å². The van der Waals surface area contributed by atoms with Gasteiger partial charge in [-0.3, -0.25) is 0 Å². The zero-order valence-corrected chi connectivity index (χ0v) is 16.6. The van der Waals surface area contributed by atoms with Crippen LogP contribution < -0.4 is 0 Å². The number of rotatable bonds is 5. The number of hydrogen-bond donors (Lipinski definition) is 2. The van der Waals surface area contributed by atoms with E-state index in [2.05, 4.69) is 33.9 Å². The molecule has 2 unspecified atom stereocenters. The van der Waals surface area contributed by atoms with Crippen LogP contribution in [0, 0.1) is 0 Å². The first-order valence-corrected chi connectivity index (χ1v) is 13.2. The Morgan fingerprint density at radius 2 is 1.82 bits per heavy atom. The van der Waals surface area contributed by atoms with E-state index in [-0.39, 0.29) is 11.1 Å². The largest absolute Gasteiger partial charge is 0.412 e. The van der Waals surface area contributed by atoms with Crippen molar-refractivity contribution >= 4 is 23.3 Å². The minimum atomic E-state index is -2.82. The Morgan fingerprint density at radius 1 is 1.32 bits per heavy atom. The van der Waals surface area contributed by atoms with Crippen LogP contribution in [0.25, 0.3) is 0 Å². The number of aliphatic hydroxyl groups is 2. The summed E-state index contributed by atoms with van der Waals surface area (Å²) in [4.78, 5) is 0. The molecule has 5 atom stereocenters. The van der Waals surface area contributed by atoms with Crippen molar-refractivity contribution in [1.82, 2.24) is 0 Å². The fourth-order valence-corrected chi connectivity index (χ4v) is 4.43. The summed E-state index contributed by atoms with van der Waals surface area (Å²) in [6.45, 7) is 13.6. The van der Waals surface area contributed by atoms with Gasteiger partial charge in [0.1, 0.15) is 26.9 Å². The molecule has 1 rings (SSSR count). The van der Waals surface area contributed by atoms with Crippen molar-refractivity contribution in [3.63, 3.8) is 0 Å². The summed E-state index contributed by atoms with van der Waals surface area (Å²) in [6, 6.07) is -0.644. The SMILES string of the molecule is [B][C@@H]1O[C@H](C(O)C(O)P(C)(C)=O)C[C@@H]1O[Si](C)(C)C(C)(C)C. The topological polar surface area (TPSA) is 76.0 Å². The molecule has 0 aromatic heterocycles. The normalized spacial score (nSPS) is 30.3. The zero-order chi connectivity index (χ0) is 17.5. The van der Waals surface area contributed by atoms with Gasteiger partial charge < -0.3 is 23.9 Å². The Bertz CT molecular complexity index is 433. The third-order valence-electron chi connectivity index (χ3n) is 4.74. The van der Waals surface area contributed by atoms with Crippen LogP contribution in [0.4, 0.5) is 0 Å². The van der Waals surface area contributed by atoms with Crippen LogP contribution in [0.1, 0.15) is 27.2 Å². The molecule has 0 amide bonds. The van der Waals surface area contributed by atoms with Crippen molar-refractivity contribution in [3.05, 3.63) is 0 Å². The number of hydrogen-bond acceptors (Lipinski definition) is 5. The highest BCUT2D eigenvalue weighted by atomic mass is 31.2. The van der Waals surface area contributed by atoms with E-state index in [1.807, 2.05) is 0 Å². The van der Waals surface area contributed by atoms with E-state index < -0.39 is 39.5 Å². The average molecular weight is 348 g/mol. The van der Waals surface area contributed by atoms with Gasteiger partial charge in [0, 0.05) is 12.4 Å². The lowest BCUT2D eigenvalue weighted by atomic mass is 9.94. The lowest BCUT2D eigenvalue weighted by Crippen LogP contribution is -2.46. The van der Waals surface area contributed by atoms with E-state index in [1.54, 1.807) is 0 Å². The molecule has 1 heterocycles. The molecule has 0 aromatic rings. The van der Waals surface area contributed by atoms with E-state index in [0.717, 1.165) is 0 Å². The summed E-state index contributed by atoms with van der Waals surface area (Å²) < 4.78 is 23.7. The fraction of sp³-hybridized carbons (Fsp3) is 1.00. The number of ether oxygens (including phenoxy) is 1. The summed E-state index contributed by atoms with van der Waals surface area (Å²) in [7, 11) is 1.16. The zero-order valence-electron chi connectivity index (χ0n) is 14.7. The van der Waals surface area contributed by atoms with Crippen LogP contribution in [0.15, 0.2) is 0 Å². The monoisotopic (exact) mass is 348 g/mol. The first kappa shape index (κ1) is 20.4. The Kier molecular flexibility index (Phi) is 6.20. The molecule has 0 aromatic carbocycles. The van der Waals surface area contributed by atoms with Crippen molar-refractivity contribution in [1.29, 1.82) is 0 Å². The summed E-state index contributed by atoms with van der Waals surface area (Å²) in [5.41, 5.74) is 0. The average Bonchev–Trinajstić information content (AvgIpc) is 2.65. The maximum absolute atomic E-state index is 11.9. The van der Waals surface area contributed by atoms with Crippen LogP contribution in [0.5, 0.6) is 0 Å². The lowest BCUT2D eigenvalue weighted by Gasteiger charge is -2.39. The summed E-state index contributed by atoms with van der Waals surface area (Å²) in [6.07, 6.45) is -1.81. The minimum Gasteiger partial charge on any atom is -0.412 e. The molecular weight excluding hydrogens is 318 g/mol. The summed E-state index contributed by atoms with van der Waals surface area (Å²) >= 11 is 0. The van der Waals surface area contributed by atoms with Gasteiger partial charge in [-0.15, -0.1) is 0 Å². The third-order valence-corrected chi connectivity index (χ3v) is 10.8. The predicted octanol–water partition coefficient (Wildman–Crippen LogP) is 1.96. The van der Waals surface area contributed by atoms with Gasteiger partial charge in [0.25, 0.3) is 0 Å². The second kappa shape index (κ2) is 6.69. The van der Waals surface area contributed by atoms with Gasteiger partial charge in [0.15, 0.2) is 8.32 Å². The molecule has 0 bridgehead atoms. The molecule has 22 heavy (non-hydrogen) atoms. The third kappa shape index (κ3) is 4.68. The van der Waals surface area contributed by atoms with Gasteiger partial charge in [-0.2, -0.15) is 0 Å². The Labute approximate surface area is 136 Å². The van der Waals surface area contributed by atoms with Gasteiger partial charge >= 0.3 is 0 Å². The first-order valence-electron chi connectivity index (χ1n) is 7.66. The molecule has 1 aliphatic rings. The Morgan fingerprint density at radius 3 is 2.23 bits per heavy atom. The Hall–Kier alpha value is 0.352. The summed E-state index contributed by atoms with van der Waals surface area (Å²) in [5.74, 6) is -1.31. The van der Waals surface area contributed by atoms with E-state index in [1.165, 1.54) is 13.3 Å². The first-order chi connectivity index (χ1) is 9.67. The maximum Gasteiger partial charge on any atom is 0.192 e. The number of aliphatic hydroxyl groups excluding tert-OH is 2. The molecule has 128 valence electrons. The van der Waals surface area contributed by atoms with E-state index in [4.69, 9.17) is 17.0 Å². The highest BCUT2D eigenvalue weighted by molar-refractivity contribution is 7.62. The van der Waals surface area contributed by atoms with E-state index in [0.29, 0.717) is 6.42 Å². The highest BCUT2D eigenvalue weighted by Gasteiger charge is 2.46. The van der Waals surface area contributed by atoms with Crippen molar-refractivity contribution in [2.45, 2.75) is 75.5 Å². The molecule has 8 heteroatoms. The standard InChI is InChI=1S/C14H30BO5PSi/c1-14(2,3)22(6,7)20-10-8-9(19-12(10)15)11(16)13(17)21(4,5)18/h9-13,16-17H,8H2,1-7H3/t9-,10-,11?,12+,13?/m0/s1. The molecule has 0 saturated carbocycles. The van der Waals surface area contributed by atoms with E-state index >= 15 is 0 Å². The quantitative estimate of drug-likeness (QED) is 0.587. The summed E-state index contributed by atoms with van der Waals surface area (Å²) in [5, 5.41) is 20.2. The molecule has 2 radical (unpaired) electrons. The van der Waals surface area contributed by atoms with Crippen molar-refractivity contribution < 1.29 is 23.9 Å². The molecule has 1 fully saturated rings. The molecule has 0 spiro atoms. The van der Waals surface area contributed by atoms with Crippen LogP contribution in [0.2, 0.25) is 18.1 Å². The maximum atomic E-state index is 11.9. The van der Waals surface area contributed by atoms with Crippen molar-refractivity contribution in [3.8, 4) is 0 Å². The van der Waals surface area contributed by atoms with Crippen molar-refractivity contribution in [2.75, 3.05) is 13.3 Å². The van der Waals surface area contributed by atoms with E-state index in [9.17, 15) is 14.8 Å². The van der Waals surface area contributed by atoms with Gasteiger partial charge in [-0.05, 0) is 31.5 Å². The highest BCUT2D eigenvalue weighted by Crippen LogP contribution is 2.45. The fourth-order valence-electron chi connectivity index (χ4n) is 2.16. The van der Waals surface area contributed by atoms with Gasteiger partial charge in [0.2, 0.25) is 0 Å². The smallest absolute Gasteiger partial charge is 0.192 e.